The molecule has 0 aliphatic heterocycles. The molecular weight excluding hydrogens is 382 g/mol. The van der Waals surface area contributed by atoms with Crippen LogP contribution in [0.5, 0.6) is 5.75 Å². The molecule has 0 atom stereocenters. The Bertz CT molecular complexity index is 948. The van der Waals surface area contributed by atoms with E-state index in [0.29, 0.717) is 24.8 Å². The Morgan fingerprint density at radius 1 is 1.03 bits per heavy atom. The first-order valence-electron chi connectivity index (χ1n) is 10.2. The Labute approximate surface area is 177 Å². The van der Waals surface area contributed by atoms with E-state index in [9.17, 15) is 14.4 Å². The van der Waals surface area contributed by atoms with Crippen molar-refractivity contribution in [2.24, 2.45) is 5.92 Å². The van der Waals surface area contributed by atoms with Gasteiger partial charge in [-0.2, -0.15) is 0 Å². The van der Waals surface area contributed by atoms with Gasteiger partial charge in [0.05, 0.1) is 13.7 Å². The number of methoxy groups -OCH3 is 1. The summed E-state index contributed by atoms with van der Waals surface area (Å²) >= 11 is 0. The van der Waals surface area contributed by atoms with Crippen molar-refractivity contribution in [3.8, 4) is 5.75 Å². The molecule has 0 aliphatic rings. The molecule has 2 aromatic rings. The smallest absolute Gasteiger partial charge is 0.256 e. The number of pyridine rings is 1. The van der Waals surface area contributed by atoms with E-state index in [1.165, 1.54) is 12.4 Å². The number of para-hydroxylation sites is 1. The van der Waals surface area contributed by atoms with Gasteiger partial charge in [0.15, 0.2) is 0 Å². The standard InChI is InChI=1S/C23H31N3O4/c1-15(2)10-11-24-22(28)18-13-26(12-17-8-6-7-9-20(17)30-5)14-19(21(18)27)23(29)25-16(3)4/h6-9,13-16H,10-12H2,1-5H3,(H,24,28)(H,25,29). The van der Waals surface area contributed by atoms with Crippen LogP contribution < -0.4 is 20.8 Å². The molecule has 0 saturated heterocycles. The highest BCUT2D eigenvalue weighted by molar-refractivity contribution is 5.99. The van der Waals surface area contributed by atoms with Gasteiger partial charge < -0.3 is 19.9 Å². The third kappa shape index (κ3) is 6.20. The molecule has 0 saturated carbocycles. The van der Waals surface area contributed by atoms with Gasteiger partial charge in [0, 0.05) is 30.5 Å². The Morgan fingerprint density at radius 3 is 2.27 bits per heavy atom. The molecule has 0 spiro atoms. The number of carbonyl (C=O) groups excluding carboxylic acids is 2. The molecule has 1 aromatic heterocycles. The third-order valence-electron chi connectivity index (χ3n) is 4.54. The van der Waals surface area contributed by atoms with Gasteiger partial charge >= 0.3 is 0 Å². The summed E-state index contributed by atoms with van der Waals surface area (Å²) < 4.78 is 7.06. The Hall–Kier alpha value is -3.09. The number of carbonyl (C=O) groups is 2. The molecule has 2 amide bonds. The van der Waals surface area contributed by atoms with E-state index < -0.39 is 17.2 Å². The maximum absolute atomic E-state index is 12.9. The van der Waals surface area contributed by atoms with E-state index in [-0.39, 0.29) is 17.2 Å². The third-order valence-corrected chi connectivity index (χ3v) is 4.54. The van der Waals surface area contributed by atoms with Crippen LogP contribution in [0, 0.1) is 5.92 Å². The molecule has 0 aliphatic carbocycles. The quantitative estimate of drug-likeness (QED) is 0.662. The maximum Gasteiger partial charge on any atom is 0.256 e. The minimum atomic E-state index is -0.577. The van der Waals surface area contributed by atoms with Crippen LogP contribution >= 0.6 is 0 Å². The van der Waals surface area contributed by atoms with Crippen LogP contribution in [0.3, 0.4) is 0 Å². The van der Waals surface area contributed by atoms with Gasteiger partial charge in [-0.25, -0.2) is 0 Å². The average Bonchev–Trinajstić information content (AvgIpc) is 2.68. The lowest BCUT2D eigenvalue weighted by molar-refractivity contribution is 0.0941. The van der Waals surface area contributed by atoms with Crippen LogP contribution in [0.2, 0.25) is 0 Å². The van der Waals surface area contributed by atoms with E-state index in [1.807, 2.05) is 38.1 Å². The lowest BCUT2D eigenvalue weighted by Crippen LogP contribution is -2.38. The second-order valence-corrected chi connectivity index (χ2v) is 7.97. The highest BCUT2D eigenvalue weighted by Crippen LogP contribution is 2.18. The summed E-state index contributed by atoms with van der Waals surface area (Å²) in [4.78, 5) is 38.2. The lowest BCUT2D eigenvalue weighted by atomic mass is 10.1. The zero-order valence-electron chi connectivity index (χ0n) is 18.3. The highest BCUT2D eigenvalue weighted by atomic mass is 16.5. The molecule has 7 nitrogen and oxygen atoms in total. The molecule has 2 N–H and O–H groups in total. The van der Waals surface area contributed by atoms with Crippen molar-refractivity contribution < 1.29 is 14.3 Å². The minimum absolute atomic E-state index is 0.0509. The van der Waals surface area contributed by atoms with Crippen LogP contribution in [0.4, 0.5) is 0 Å². The van der Waals surface area contributed by atoms with Crippen LogP contribution in [-0.4, -0.2) is 36.1 Å². The van der Waals surface area contributed by atoms with Crippen molar-refractivity contribution in [1.82, 2.24) is 15.2 Å². The number of benzene rings is 1. The van der Waals surface area contributed by atoms with Gasteiger partial charge in [0.25, 0.3) is 11.8 Å². The largest absolute Gasteiger partial charge is 0.496 e. The zero-order chi connectivity index (χ0) is 22.3. The molecule has 0 unspecified atom stereocenters. The van der Waals surface area contributed by atoms with Gasteiger partial charge in [-0.1, -0.05) is 32.0 Å². The maximum atomic E-state index is 12.9. The summed E-state index contributed by atoms with van der Waals surface area (Å²) in [6.45, 7) is 8.55. The van der Waals surface area contributed by atoms with Crippen molar-refractivity contribution in [2.45, 2.75) is 46.7 Å². The number of nitrogens with one attached hydrogen (secondary N) is 2. The van der Waals surface area contributed by atoms with Crippen molar-refractivity contribution in [3.05, 3.63) is 63.6 Å². The second-order valence-electron chi connectivity index (χ2n) is 7.97. The number of nitrogens with zero attached hydrogens (tertiary/aromatic N) is 1. The topological polar surface area (TPSA) is 89.4 Å². The molecule has 7 heteroatoms. The van der Waals surface area contributed by atoms with E-state index in [1.54, 1.807) is 11.7 Å². The lowest BCUT2D eigenvalue weighted by Gasteiger charge is -2.15. The van der Waals surface area contributed by atoms with E-state index in [4.69, 9.17) is 4.74 Å². The Balaban J connectivity index is 2.44. The molecule has 0 bridgehead atoms. The number of aromatic nitrogens is 1. The number of hydrogen-bond acceptors (Lipinski definition) is 4. The van der Waals surface area contributed by atoms with Gasteiger partial charge in [0.1, 0.15) is 16.9 Å². The van der Waals surface area contributed by atoms with Crippen molar-refractivity contribution >= 4 is 11.8 Å². The van der Waals surface area contributed by atoms with E-state index in [0.717, 1.165) is 12.0 Å². The molecule has 0 fully saturated rings. The molecule has 0 radical (unpaired) electrons. The fraction of sp³-hybridized carbons (Fsp3) is 0.435. The predicted octanol–water partition coefficient (Wildman–Crippen LogP) is 2.82. The SMILES string of the molecule is COc1ccccc1Cn1cc(C(=O)NCCC(C)C)c(=O)c(C(=O)NC(C)C)c1. The number of hydrogen-bond donors (Lipinski definition) is 2. The van der Waals surface area contributed by atoms with E-state index in [2.05, 4.69) is 24.5 Å². The Kier molecular flexibility index (Phi) is 8.21. The number of rotatable bonds is 9. The highest BCUT2D eigenvalue weighted by Gasteiger charge is 2.20. The number of amides is 2. The molecule has 1 heterocycles. The summed E-state index contributed by atoms with van der Waals surface area (Å²) in [5.41, 5.74) is 0.177. The summed E-state index contributed by atoms with van der Waals surface area (Å²) in [6, 6.07) is 7.34. The summed E-state index contributed by atoms with van der Waals surface area (Å²) in [5, 5.41) is 5.51. The molecular formula is C23H31N3O4. The average molecular weight is 414 g/mol. The first-order valence-corrected chi connectivity index (χ1v) is 10.2. The van der Waals surface area contributed by atoms with Crippen molar-refractivity contribution in [2.75, 3.05) is 13.7 Å². The van der Waals surface area contributed by atoms with Crippen molar-refractivity contribution in [3.63, 3.8) is 0 Å². The Morgan fingerprint density at radius 2 is 1.67 bits per heavy atom. The van der Waals surface area contributed by atoms with Gasteiger partial charge in [-0.3, -0.25) is 14.4 Å². The second kappa shape index (κ2) is 10.6. The van der Waals surface area contributed by atoms with Crippen molar-refractivity contribution in [1.29, 1.82) is 0 Å². The summed E-state index contributed by atoms with van der Waals surface area (Å²) in [6.07, 6.45) is 3.78. The monoisotopic (exact) mass is 413 g/mol. The first-order chi connectivity index (χ1) is 14.2. The first kappa shape index (κ1) is 23.2. The predicted molar refractivity (Wildman–Crippen MR) is 117 cm³/mol. The van der Waals surface area contributed by atoms with E-state index >= 15 is 0 Å². The number of ether oxygens (including phenoxy) is 1. The van der Waals surface area contributed by atoms with Crippen LogP contribution in [-0.2, 0) is 6.54 Å². The minimum Gasteiger partial charge on any atom is -0.496 e. The summed E-state index contributed by atoms with van der Waals surface area (Å²) in [7, 11) is 1.58. The zero-order valence-corrected chi connectivity index (χ0v) is 18.3. The van der Waals surface area contributed by atoms with Crippen LogP contribution in [0.25, 0.3) is 0 Å². The molecule has 2 rings (SSSR count). The van der Waals surface area contributed by atoms with Crippen LogP contribution in [0.15, 0.2) is 41.5 Å². The summed E-state index contributed by atoms with van der Waals surface area (Å²) in [5.74, 6) is 0.136. The fourth-order valence-corrected chi connectivity index (χ4v) is 2.99. The van der Waals surface area contributed by atoms with Gasteiger partial charge in [-0.05, 0) is 32.3 Å². The fourth-order valence-electron chi connectivity index (χ4n) is 2.99. The molecule has 30 heavy (non-hydrogen) atoms. The molecule has 1 aromatic carbocycles. The normalized spacial score (nSPS) is 10.9. The van der Waals surface area contributed by atoms with Gasteiger partial charge in [-0.15, -0.1) is 0 Å². The van der Waals surface area contributed by atoms with Gasteiger partial charge in [0.2, 0.25) is 5.43 Å². The van der Waals surface area contributed by atoms with Crippen LogP contribution in [0.1, 0.15) is 60.4 Å². The molecule has 162 valence electrons.